The Kier molecular flexibility index (Phi) is 5.88. The molecule has 0 amide bonds. The fourth-order valence-corrected chi connectivity index (χ4v) is 4.44. The molecule has 0 atom stereocenters. The minimum absolute atomic E-state index is 0.574. The Balaban J connectivity index is 1.40. The quantitative estimate of drug-likeness (QED) is 0.343. The summed E-state index contributed by atoms with van der Waals surface area (Å²) in [5.41, 5.74) is 4.27. The molecule has 5 rings (SSSR count). The molecular formula is C27H28N4O. The van der Waals surface area contributed by atoms with Crippen LogP contribution in [0, 0.1) is 0 Å². The van der Waals surface area contributed by atoms with E-state index >= 15 is 0 Å². The van der Waals surface area contributed by atoms with Crippen molar-refractivity contribution in [3.05, 3.63) is 78.4 Å². The van der Waals surface area contributed by atoms with Crippen LogP contribution in [0.1, 0.15) is 43.6 Å². The molecule has 1 saturated carbocycles. The second-order valence-corrected chi connectivity index (χ2v) is 8.35. The second-order valence-electron chi connectivity index (χ2n) is 8.35. The summed E-state index contributed by atoms with van der Waals surface area (Å²) >= 11 is 0. The summed E-state index contributed by atoms with van der Waals surface area (Å²) in [4.78, 5) is 9.51. The molecule has 0 spiro atoms. The number of ether oxygens (including phenoxy) is 1. The van der Waals surface area contributed by atoms with Crippen molar-refractivity contribution < 1.29 is 4.74 Å². The highest BCUT2D eigenvalue weighted by atomic mass is 16.5. The molecule has 0 aliphatic heterocycles. The smallest absolute Gasteiger partial charge is 0.229 e. The molecule has 0 saturated heterocycles. The summed E-state index contributed by atoms with van der Waals surface area (Å²) in [6.45, 7) is 0. The molecular weight excluding hydrogens is 396 g/mol. The summed E-state index contributed by atoms with van der Waals surface area (Å²) in [6, 6.07) is 24.6. The van der Waals surface area contributed by atoms with Gasteiger partial charge in [0.25, 0.3) is 0 Å². The molecule has 1 aromatic heterocycles. The highest BCUT2D eigenvalue weighted by molar-refractivity contribution is 5.92. The van der Waals surface area contributed by atoms with E-state index < -0.39 is 0 Å². The predicted molar refractivity (Wildman–Crippen MR) is 131 cm³/mol. The number of hydrogen-bond acceptors (Lipinski definition) is 5. The van der Waals surface area contributed by atoms with Crippen LogP contribution >= 0.6 is 0 Å². The number of aromatic nitrogens is 2. The number of nitrogens with zero attached hydrogens (tertiary/aromatic N) is 2. The van der Waals surface area contributed by atoms with E-state index in [9.17, 15) is 0 Å². The molecule has 0 unspecified atom stereocenters. The Morgan fingerprint density at radius 3 is 2.19 bits per heavy atom. The van der Waals surface area contributed by atoms with Gasteiger partial charge in [0.2, 0.25) is 5.95 Å². The van der Waals surface area contributed by atoms with Crippen LogP contribution in [0.15, 0.2) is 72.8 Å². The molecule has 1 heterocycles. The van der Waals surface area contributed by atoms with Gasteiger partial charge in [0.15, 0.2) is 0 Å². The van der Waals surface area contributed by atoms with Gasteiger partial charge in [-0.05, 0) is 72.9 Å². The SMILES string of the molecule is COc1ccc(Nc2nc(Nc3ccc(C4CCCCC4)cc3)nc3ccccc23)cc1. The molecule has 3 aromatic carbocycles. The zero-order valence-electron chi connectivity index (χ0n) is 18.3. The van der Waals surface area contributed by atoms with E-state index in [1.165, 1.54) is 37.7 Å². The van der Waals surface area contributed by atoms with Crippen molar-refractivity contribution in [2.75, 3.05) is 17.7 Å². The zero-order valence-corrected chi connectivity index (χ0v) is 18.3. The second kappa shape index (κ2) is 9.27. The lowest BCUT2D eigenvalue weighted by atomic mass is 9.84. The van der Waals surface area contributed by atoms with Gasteiger partial charge in [-0.25, -0.2) is 4.98 Å². The molecule has 5 nitrogen and oxygen atoms in total. The number of nitrogens with one attached hydrogen (secondary N) is 2. The van der Waals surface area contributed by atoms with Crippen molar-refractivity contribution in [2.45, 2.75) is 38.0 Å². The standard InChI is InChI=1S/C27H28N4O/c1-32-23-17-15-21(16-18-23)28-26-24-9-5-6-10-25(24)30-27(31-26)29-22-13-11-20(12-14-22)19-7-3-2-4-8-19/h5-6,9-19H,2-4,7-8H2,1H3,(H2,28,29,30,31). The normalized spacial score (nSPS) is 14.3. The molecule has 32 heavy (non-hydrogen) atoms. The minimum Gasteiger partial charge on any atom is -0.497 e. The lowest BCUT2D eigenvalue weighted by Crippen LogP contribution is -2.05. The van der Waals surface area contributed by atoms with Crippen molar-refractivity contribution in [2.24, 2.45) is 0 Å². The van der Waals surface area contributed by atoms with Crippen LogP contribution in [0.4, 0.5) is 23.1 Å². The van der Waals surface area contributed by atoms with Crippen molar-refractivity contribution in [3.8, 4) is 5.75 Å². The van der Waals surface area contributed by atoms with Crippen LogP contribution in [0.2, 0.25) is 0 Å². The summed E-state index contributed by atoms with van der Waals surface area (Å²) in [6.07, 6.45) is 6.68. The summed E-state index contributed by atoms with van der Waals surface area (Å²) < 4.78 is 5.26. The number of para-hydroxylation sites is 1. The fourth-order valence-electron chi connectivity index (χ4n) is 4.44. The molecule has 1 aliphatic carbocycles. The Hall–Kier alpha value is -3.60. The number of hydrogen-bond donors (Lipinski definition) is 2. The van der Waals surface area contributed by atoms with Gasteiger partial charge in [0.1, 0.15) is 11.6 Å². The van der Waals surface area contributed by atoms with E-state index in [-0.39, 0.29) is 0 Å². The van der Waals surface area contributed by atoms with Gasteiger partial charge in [-0.15, -0.1) is 0 Å². The molecule has 2 N–H and O–H groups in total. The maximum atomic E-state index is 5.26. The van der Waals surface area contributed by atoms with E-state index in [1.807, 2.05) is 48.5 Å². The summed E-state index contributed by atoms with van der Waals surface area (Å²) in [7, 11) is 1.67. The fraction of sp³-hybridized carbons (Fsp3) is 0.259. The van der Waals surface area contributed by atoms with Crippen LogP contribution < -0.4 is 15.4 Å². The topological polar surface area (TPSA) is 59.1 Å². The van der Waals surface area contributed by atoms with Gasteiger partial charge < -0.3 is 15.4 Å². The van der Waals surface area contributed by atoms with Gasteiger partial charge in [-0.3, -0.25) is 0 Å². The van der Waals surface area contributed by atoms with E-state index in [4.69, 9.17) is 14.7 Å². The summed E-state index contributed by atoms with van der Waals surface area (Å²) in [5, 5.41) is 7.79. The van der Waals surface area contributed by atoms with Gasteiger partial charge in [0, 0.05) is 16.8 Å². The molecule has 1 aliphatic rings. The first kappa shape index (κ1) is 20.3. The number of rotatable bonds is 6. The molecule has 0 bridgehead atoms. The van der Waals surface area contributed by atoms with Crippen molar-refractivity contribution in [1.82, 2.24) is 9.97 Å². The lowest BCUT2D eigenvalue weighted by molar-refractivity contribution is 0.415. The predicted octanol–water partition coefficient (Wildman–Crippen LogP) is 7.17. The first-order chi connectivity index (χ1) is 15.8. The third-order valence-corrected chi connectivity index (χ3v) is 6.20. The summed E-state index contributed by atoms with van der Waals surface area (Å²) in [5.74, 6) is 2.87. The minimum atomic E-state index is 0.574. The Morgan fingerprint density at radius 1 is 0.750 bits per heavy atom. The monoisotopic (exact) mass is 424 g/mol. The van der Waals surface area contributed by atoms with Crippen LogP contribution in [0.25, 0.3) is 10.9 Å². The Morgan fingerprint density at radius 2 is 1.44 bits per heavy atom. The van der Waals surface area contributed by atoms with Gasteiger partial charge >= 0.3 is 0 Å². The Bertz CT molecular complexity index is 1180. The highest BCUT2D eigenvalue weighted by Gasteiger charge is 2.15. The van der Waals surface area contributed by atoms with E-state index in [1.54, 1.807) is 7.11 Å². The number of benzene rings is 3. The van der Waals surface area contributed by atoms with E-state index in [0.717, 1.165) is 33.8 Å². The van der Waals surface area contributed by atoms with E-state index in [2.05, 4.69) is 34.9 Å². The average Bonchev–Trinajstić information content (AvgIpc) is 2.85. The number of anilines is 4. The van der Waals surface area contributed by atoms with Crippen LogP contribution in [0.3, 0.4) is 0 Å². The first-order valence-corrected chi connectivity index (χ1v) is 11.3. The van der Waals surface area contributed by atoms with Gasteiger partial charge in [-0.2, -0.15) is 4.98 Å². The van der Waals surface area contributed by atoms with Gasteiger partial charge in [0.05, 0.1) is 12.6 Å². The van der Waals surface area contributed by atoms with Gasteiger partial charge in [-0.1, -0.05) is 43.5 Å². The molecule has 0 radical (unpaired) electrons. The molecule has 4 aromatic rings. The molecule has 162 valence electrons. The van der Waals surface area contributed by atoms with Crippen molar-refractivity contribution in [3.63, 3.8) is 0 Å². The number of methoxy groups -OCH3 is 1. The number of fused-ring (bicyclic) bond motifs is 1. The van der Waals surface area contributed by atoms with Crippen LogP contribution in [-0.2, 0) is 0 Å². The van der Waals surface area contributed by atoms with Crippen molar-refractivity contribution in [1.29, 1.82) is 0 Å². The largest absolute Gasteiger partial charge is 0.497 e. The third-order valence-electron chi connectivity index (χ3n) is 6.20. The van der Waals surface area contributed by atoms with Crippen LogP contribution in [0.5, 0.6) is 5.75 Å². The maximum absolute atomic E-state index is 5.26. The highest BCUT2D eigenvalue weighted by Crippen LogP contribution is 2.33. The third kappa shape index (κ3) is 4.52. The van der Waals surface area contributed by atoms with E-state index in [0.29, 0.717) is 11.9 Å². The zero-order chi connectivity index (χ0) is 21.8. The van der Waals surface area contributed by atoms with Crippen LogP contribution in [-0.4, -0.2) is 17.1 Å². The molecule has 5 heteroatoms. The first-order valence-electron chi connectivity index (χ1n) is 11.3. The average molecular weight is 425 g/mol. The lowest BCUT2D eigenvalue weighted by Gasteiger charge is -2.22. The Labute approximate surface area is 188 Å². The van der Waals surface area contributed by atoms with Crippen molar-refractivity contribution >= 4 is 34.0 Å². The molecule has 1 fully saturated rings. The maximum Gasteiger partial charge on any atom is 0.229 e.